The smallest absolute Gasteiger partial charge is 0.115 e. The van der Waals surface area contributed by atoms with E-state index in [1.807, 2.05) is 29.7 Å². The van der Waals surface area contributed by atoms with E-state index >= 15 is 0 Å². The van der Waals surface area contributed by atoms with Crippen LogP contribution in [-0.4, -0.2) is 11.3 Å². The number of benzene rings is 1. The van der Waals surface area contributed by atoms with Crippen LogP contribution in [0.3, 0.4) is 0 Å². The Morgan fingerprint density at radius 2 is 1.85 bits per heavy atom. The van der Waals surface area contributed by atoms with Crippen molar-refractivity contribution in [2.45, 2.75) is 39.0 Å². The lowest BCUT2D eigenvalue weighted by Gasteiger charge is -1.96. The highest BCUT2D eigenvalue weighted by atomic mass is 32.1. The highest BCUT2D eigenvalue weighted by molar-refractivity contribution is 7.13. The molecule has 20 heavy (non-hydrogen) atoms. The average Bonchev–Trinajstić information content (AvgIpc) is 2.91. The zero-order chi connectivity index (χ0) is 14.2. The van der Waals surface area contributed by atoms with E-state index in [-0.39, 0.29) is 5.75 Å². The largest absolute Gasteiger partial charge is 0.508 e. The predicted molar refractivity (Wildman–Crippen MR) is 87.5 cm³/mol. The fourth-order valence-corrected chi connectivity index (χ4v) is 2.93. The molecule has 1 aromatic heterocycles. The Morgan fingerprint density at radius 3 is 2.60 bits per heavy atom. The molecule has 0 radical (unpaired) electrons. The number of aromatic hydroxyl groups is 1. The first kappa shape index (κ1) is 14.8. The third-order valence-electron chi connectivity index (χ3n) is 3.15. The summed E-state index contributed by atoms with van der Waals surface area (Å²) >= 11 is 1.81. The molecule has 0 aliphatic heterocycles. The van der Waals surface area contributed by atoms with Crippen LogP contribution in [0.25, 0.3) is 0 Å². The Balaban J connectivity index is 1.87. The summed E-state index contributed by atoms with van der Waals surface area (Å²) in [6.07, 6.45) is 8.30. The Hall–Kier alpha value is -1.61. The van der Waals surface area contributed by atoms with Crippen LogP contribution in [0.4, 0.5) is 5.69 Å². The summed E-state index contributed by atoms with van der Waals surface area (Å²) < 4.78 is 0. The first-order chi connectivity index (χ1) is 9.78. The van der Waals surface area contributed by atoms with Gasteiger partial charge in [-0.3, -0.25) is 4.99 Å². The number of hydrogen-bond acceptors (Lipinski definition) is 3. The topological polar surface area (TPSA) is 32.6 Å². The zero-order valence-electron chi connectivity index (χ0n) is 11.9. The molecule has 1 aromatic carbocycles. The summed E-state index contributed by atoms with van der Waals surface area (Å²) in [5, 5.41) is 9.22. The lowest BCUT2D eigenvalue weighted by Crippen LogP contribution is -1.80. The van der Waals surface area contributed by atoms with Gasteiger partial charge in [0.25, 0.3) is 0 Å². The Kier molecular flexibility index (Phi) is 5.81. The Labute approximate surface area is 124 Å². The van der Waals surface area contributed by atoms with Crippen LogP contribution in [0.5, 0.6) is 5.75 Å². The van der Waals surface area contributed by atoms with Crippen LogP contribution in [0.1, 0.15) is 42.4 Å². The van der Waals surface area contributed by atoms with Crippen LogP contribution >= 0.6 is 11.3 Å². The van der Waals surface area contributed by atoms with Crippen LogP contribution < -0.4 is 0 Å². The third-order valence-corrected chi connectivity index (χ3v) is 4.23. The molecule has 0 saturated carbocycles. The molecule has 2 rings (SSSR count). The van der Waals surface area contributed by atoms with E-state index in [2.05, 4.69) is 24.0 Å². The van der Waals surface area contributed by atoms with E-state index in [0.29, 0.717) is 0 Å². The van der Waals surface area contributed by atoms with Crippen molar-refractivity contribution >= 4 is 23.2 Å². The molecule has 0 fully saturated rings. The third kappa shape index (κ3) is 4.82. The van der Waals surface area contributed by atoms with Gasteiger partial charge in [0.05, 0.1) is 5.69 Å². The minimum atomic E-state index is 0.273. The summed E-state index contributed by atoms with van der Waals surface area (Å²) in [6, 6.07) is 11.3. The van der Waals surface area contributed by atoms with Crippen molar-refractivity contribution in [3.05, 3.63) is 46.2 Å². The number of phenolic OH excluding ortho intramolecular Hbond substituents is 1. The van der Waals surface area contributed by atoms with Gasteiger partial charge in [0.15, 0.2) is 0 Å². The highest BCUT2D eigenvalue weighted by Gasteiger charge is 1.98. The molecule has 1 N–H and O–H groups in total. The highest BCUT2D eigenvalue weighted by Crippen LogP contribution is 2.20. The van der Waals surface area contributed by atoms with Gasteiger partial charge < -0.3 is 5.11 Å². The molecule has 0 unspecified atom stereocenters. The molecule has 0 bridgehead atoms. The van der Waals surface area contributed by atoms with Gasteiger partial charge in [0, 0.05) is 16.0 Å². The van der Waals surface area contributed by atoms with Crippen LogP contribution in [0.15, 0.2) is 41.4 Å². The van der Waals surface area contributed by atoms with Gasteiger partial charge in [-0.15, -0.1) is 11.3 Å². The van der Waals surface area contributed by atoms with Gasteiger partial charge in [0.1, 0.15) is 5.75 Å². The van der Waals surface area contributed by atoms with Crippen molar-refractivity contribution in [1.82, 2.24) is 0 Å². The SMILES string of the molecule is CCCCCCc1ccc(/C=N/c2ccc(O)cc2)s1. The summed E-state index contributed by atoms with van der Waals surface area (Å²) in [5.41, 5.74) is 0.862. The number of phenols is 1. The first-order valence-electron chi connectivity index (χ1n) is 7.20. The number of nitrogens with zero attached hydrogens (tertiary/aromatic N) is 1. The molecule has 106 valence electrons. The molecule has 1 heterocycles. The number of aryl methyl sites for hydroxylation is 1. The maximum Gasteiger partial charge on any atom is 0.115 e. The normalized spacial score (nSPS) is 11.2. The predicted octanol–water partition coefficient (Wildman–Crippen LogP) is 5.33. The molecule has 0 aliphatic carbocycles. The number of hydrogen-bond donors (Lipinski definition) is 1. The zero-order valence-corrected chi connectivity index (χ0v) is 12.7. The molecule has 0 spiro atoms. The van der Waals surface area contributed by atoms with E-state index in [0.717, 1.165) is 5.69 Å². The van der Waals surface area contributed by atoms with Crippen molar-refractivity contribution < 1.29 is 5.11 Å². The second kappa shape index (κ2) is 7.85. The first-order valence-corrected chi connectivity index (χ1v) is 8.01. The molecule has 0 atom stereocenters. The van der Waals surface area contributed by atoms with Crippen LogP contribution in [0, 0.1) is 0 Å². The molecule has 0 saturated heterocycles. The summed E-state index contributed by atoms with van der Waals surface area (Å²) in [7, 11) is 0. The number of aliphatic imine (C=N–C) groups is 1. The monoisotopic (exact) mass is 287 g/mol. The van der Waals surface area contributed by atoms with Crippen LogP contribution in [-0.2, 0) is 6.42 Å². The van der Waals surface area contributed by atoms with E-state index in [1.54, 1.807) is 12.1 Å². The van der Waals surface area contributed by atoms with Crippen molar-refractivity contribution in [3.8, 4) is 5.75 Å². The number of thiophene rings is 1. The standard InChI is InChI=1S/C17H21NOS/c1-2-3-4-5-6-16-11-12-17(20-16)13-18-14-7-9-15(19)10-8-14/h7-13,19H,2-6H2,1H3/b18-13+. The van der Waals surface area contributed by atoms with Gasteiger partial charge in [-0.25, -0.2) is 0 Å². The minimum Gasteiger partial charge on any atom is -0.508 e. The van der Waals surface area contributed by atoms with E-state index < -0.39 is 0 Å². The van der Waals surface area contributed by atoms with E-state index in [1.165, 1.54) is 41.9 Å². The second-order valence-corrected chi connectivity index (χ2v) is 6.09. The molecular weight excluding hydrogens is 266 g/mol. The summed E-state index contributed by atoms with van der Waals surface area (Å²) in [4.78, 5) is 7.04. The second-order valence-electron chi connectivity index (χ2n) is 4.89. The van der Waals surface area contributed by atoms with Gasteiger partial charge in [0.2, 0.25) is 0 Å². The van der Waals surface area contributed by atoms with Gasteiger partial charge >= 0.3 is 0 Å². The van der Waals surface area contributed by atoms with Gasteiger partial charge in [-0.05, 0) is 49.2 Å². The Bertz CT molecular complexity index is 542. The quantitative estimate of drug-likeness (QED) is 0.542. The minimum absolute atomic E-state index is 0.273. The van der Waals surface area contributed by atoms with E-state index in [9.17, 15) is 5.11 Å². The lowest BCUT2D eigenvalue weighted by atomic mass is 10.1. The van der Waals surface area contributed by atoms with Gasteiger partial charge in [-0.1, -0.05) is 26.2 Å². The molecule has 0 aliphatic rings. The van der Waals surface area contributed by atoms with E-state index in [4.69, 9.17) is 0 Å². The lowest BCUT2D eigenvalue weighted by molar-refractivity contribution is 0.475. The molecule has 0 amide bonds. The van der Waals surface area contributed by atoms with Crippen molar-refractivity contribution in [2.24, 2.45) is 4.99 Å². The average molecular weight is 287 g/mol. The maximum absolute atomic E-state index is 9.22. The fourth-order valence-electron chi connectivity index (χ4n) is 2.00. The number of rotatable bonds is 7. The molecular formula is C17H21NOS. The van der Waals surface area contributed by atoms with Crippen molar-refractivity contribution in [1.29, 1.82) is 0 Å². The molecule has 2 nitrogen and oxygen atoms in total. The van der Waals surface area contributed by atoms with Gasteiger partial charge in [-0.2, -0.15) is 0 Å². The van der Waals surface area contributed by atoms with Crippen LogP contribution in [0.2, 0.25) is 0 Å². The van der Waals surface area contributed by atoms with Crippen molar-refractivity contribution in [3.63, 3.8) is 0 Å². The molecule has 3 heteroatoms. The maximum atomic E-state index is 9.22. The Morgan fingerprint density at radius 1 is 1.05 bits per heavy atom. The summed E-state index contributed by atoms with van der Waals surface area (Å²) in [6.45, 7) is 2.24. The fraction of sp³-hybridized carbons (Fsp3) is 0.353. The number of unbranched alkanes of at least 4 members (excludes halogenated alkanes) is 3. The summed E-state index contributed by atoms with van der Waals surface area (Å²) in [5.74, 6) is 0.273. The molecule has 2 aromatic rings. The van der Waals surface area contributed by atoms with Crippen molar-refractivity contribution in [2.75, 3.05) is 0 Å².